The molecule has 1 amide bonds. The molecule has 1 aromatic heterocycles. The Kier molecular flexibility index (Phi) is 11.2. The summed E-state index contributed by atoms with van der Waals surface area (Å²) in [6, 6.07) is 4.98. The summed E-state index contributed by atoms with van der Waals surface area (Å²) in [6.45, 7) is 0.0762. The normalized spacial score (nSPS) is 11.9. The SMILES string of the molecule is COCCOc1ccc(COC(=O)NS(=O)(=O)N(C)CCOC)c(Oc2ncc(C(F)(F)F)cc2Cl)c1. The number of nitrogens with zero attached hydrogens (tertiary/aromatic N) is 2. The van der Waals surface area contributed by atoms with E-state index >= 15 is 0 Å². The van der Waals surface area contributed by atoms with Crippen LogP contribution in [-0.2, 0) is 37.2 Å². The number of rotatable bonds is 13. The van der Waals surface area contributed by atoms with Crippen molar-refractivity contribution in [2.45, 2.75) is 12.8 Å². The third kappa shape index (κ3) is 9.51. The van der Waals surface area contributed by atoms with Crippen molar-refractivity contribution in [3.63, 3.8) is 0 Å². The van der Waals surface area contributed by atoms with Gasteiger partial charge in [-0.2, -0.15) is 25.9 Å². The lowest BCUT2D eigenvalue weighted by atomic mass is 10.2. The number of alkyl halides is 3. The number of nitrogens with one attached hydrogen (secondary N) is 1. The predicted molar refractivity (Wildman–Crippen MR) is 125 cm³/mol. The quantitative estimate of drug-likeness (QED) is 0.359. The number of amides is 1. The summed E-state index contributed by atoms with van der Waals surface area (Å²) in [4.78, 5) is 15.7. The summed E-state index contributed by atoms with van der Waals surface area (Å²) in [6.07, 6.45) is -5.38. The minimum Gasteiger partial charge on any atom is -0.491 e. The van der Waals surface area contributed by atoms with E-state index in [1.165, 1.54) is 39.5 Å². The lowest BCUT2D eigenvalue weighted by Gasteiger charge is -2.17. The molecule has 37 heavy (non-hydrogen) atoms. The van der Waals surface area contributed by atoms with E-state index in [1.54, 1.807) is 4.72 Å². The number of hydrogen-bond acceptors (Lipinski definition) is 9. The molecular formula is C21H25ClF3N3O8S. The van der Waals surface area contributed by atoms with E-state index in [4.69, 9.17) is 35.3 Å². The van der Waals surface area contributed by atoms with Crippen LogP contribution in [0.15, 0.2) is 30.5 Å². The Labute approximate surface area is 216 Å². The highest BCUT2D eigenvalue weighted by Gasteiger charge is 2.32. The van der Waals surface area contributed by atoms with Gasteiger partial charge in [0.2, 0.25) is 5.88 Å². The van der Waals surface area contributed by atoms with Crippen LogP contribution in [0.5, 0.6) is 17.4 Å². The average Bonchev–Trinajstić information content (AvgIpc) is 2.82. The molecule has 2 rings (SSSR count). The van der Waals surface area contributed by atoms with Crippen LogP contribution in [0.4, 0.5) is 18.0 Å². The maximum absolute atomic E-state index is 12.9. The van der Waals surface area contributed by atoms with Gasteiger partial charge in [-0.1, -0.05) is 11.6 Å². The Hall–Kier alpha value is -2.85. The van der Waals surface area contributed by atoms with Gasteiger partial charge in [-0.15, -0.1) is 0 Å². The van der Waals surface area contributed by atoms with E-state index < -0.39 is 39.7 Å². The number of halogens is 4. The second kappa shape index (κ2) is 13.6. The summed E-state index contributed by atoms with van der Waals surface area (Å²) in [5, 5.41) is -0.421. The molecule has 0 bridgehead atoms. The van der Waals surface area contributed by atoms with E-state index in [0.717, 1.165) is 4.31 Å². The molecule has 1 N–H and O–H groups in total. The van der Waals surface area contributed by atoms with Crippen molar-refractivity contribution < 1.29 is 50.1 Å². The standard InChI is InChI=1S/C21H25ClF3N3O8S/c1-28(6-7-32-2)37(30,31)27-20(29)35-13-14-4-5-16(34-9-8-33-3)11-18(14)36-19-17(22)10-15(12-26-19)21(23,24)25/h4-5,10-12H,6-9,13H2,1-3H3,(H,27,29). The molecule has 2 aromatic rings. The average molecular weight is 572 g/mol. The van der Waals surface area contributed by atoms with Crippen LogP contribution in [-0.4, -0.2) is 71.4 Å². The van der Waals surface area contributed by atoms with Gasteiger partial charge in [0.1, 0.15) is 29.7 Å². The Morgan fingerprint density at radius 2 is 1.84 bits per heavy atom. The van der Waals surface area contributed by atoms with Crippen molar-refractivity contribution in [3.05, 3.63) is 46.6 Å². The molecule has 0 radical (unpaired) electrons. The van der Waals surface area contributed by atoms with Gasteiger partial charge >= 0.3 is 22.5 Å². The molecular weight excluding hydrogens is 547 g/mol. The zero-order valence-electron chi connectivity index (χ0n) is 20.0. The number of carbonyl (C=O) groups is 1. The lowest BCUT2D eigenvalue weighted by Crippen LogP contribution is -2.42. The van der Waals surface area contributed by atoms with E-state index in [2.05, 4.69) is 4.98 Å². The third-order valence-electron chi connectivity index (χ3n) is 4.53. The number of methoxy groups -OCH3 is 2. The van der Waals surface area contributed by atoms with Crippen LogP contribution >= 0.6 is 11.6 Å². The molecule has 206 valence electrons. The van der Waals surface area contributed by atoms with E-state index in [1.807, 2.05) is 0 Å². The minimum absolute atomic E-state index is 0.0114. The predicted octanol–water partition coefficient (Wildman–Crippen LogP) is 3.62. The summed E-state index contributed by atoms with van der Waals surface area (Å²) < 4.78 is 91.5. The highest BCUT2D eigenvalue weighted by atomic mass is 35.5. The molecule has 0 saturated heterocycles. The largest absolute Gasteiger partial charge is 0.491 e. The van der Waals surface area contributed by atoms with Crippen molar-refractivity contribution in [2.24, 2.45) is 0 Å². The zero-order valence-corrected chi connectivity index (χ0v) is 21.6. The molecule has 0 atom stereocenters. The van der Waals surface area contributed by atoms with E-state index in [-0.39, 0.29) is 43.6 Å². The molecule has 0 saturated carbocycles. The lowest BCUT2D eigenvalue weighted by molar-refractivity contribution is -0.137. The first-order valence-electron chi connectivity index (χ1n) is 10.4. The molecule has 1 aromatic carbocycles. The maximum Gasteiger partial charge on any atom is 0.422 e. The first kappa shape index (κ1) is 30.4. The number of pyridine rings is 1. The summed E-state index contributed by atoms with van der Waals surface area (Å²) in [5.74, 6) is -0.0701. The number of carbonyl (C=O) groups excluding carboxylic acids is 1. The smallest absolute Gasteiger partial charge is 0.422 e. The van der Waals surface area contributed by atoms with Crippen molar-refractivity contribution in [1.82, 2.24) is 14.0 Å². The van der Waals surface area contributed by atoms with Gasteiger partial charge in [0.05, 0.1) is 18.8 Å². The van der Waals surface area contributed by atoms with Gasteiger partial charge in [0, 0.05) is 45.6 Å². The van der Waals surface area contributed by atoms with Crippen LogP contribution in [0, 0.1) is 0 Å². The maximum atomic E-state index is 12.9. The number of benzene rings is 1. The van der Waals surface area contributed by atoms with Crippen LogP contribution < -0.4 is 14.2 Å². The molecule has 11 nitrogen and oxygen atoms in total. The van der Waals surface area contributed by atoms with Gasteiger partial charge in [0.15, 0.2) is 0 Å². The van der Waals surface area contributed by atoms with Crippen LogP contribution in [0.25, 0.3) is 0 Å². The van der Waals surface area contributed by atoms with Gasteiger partial charge in [0.25, 0.3) is 0 Å². The molecule has 0 aliphatic heterocycles. The Balaban J connectivity index is 2.21. The first-order valence-corrected chi connectivity index (χ1v) is 12.2. The molecule has 0 aliphatic rings. The van der Waals surface area contributed by atoms with Crippen molar-refractivity contribution >= 4 is 27.9 Å². The van der Waals surface area contributed by atoms with Gasteiger partial charge in [-0.3, -0.25) is 0 Å². The molecule has 0 spiro atoms. The number of ether oxygens (including phenoxy) is 5. The van der Waals surface area contributed by atoms with Crippen molar-refractivity contribution in [3.8, 4) is 17.4 Å². The molecule has 0 aliphatic carbocycles. The van der Waals surface area contributed by atoms with Gasteiger partial charge in [-0.25, -0.2) is 14.5 Å². The van der Waals surface area contributed by atoms with Crippen molar-refractivity contribution in [1.29, 1.82) is 0 Å². The molecule has 0 fully saturated rings. The number of aromatic nitrogens is 1. The third-order valence-corrected chi connectivity index (χ3v) is 6.23. The number of hydrogen-bond donors (Lipinski definition) is 1. The Morgan fingerprint density at radius 3 is 2.46 bits per heavy atom. The molecule has 16 heteroatoms. The molecule has 0 unspecified atom stereocenters. The topological polar surface area (TPSA) is 126 Å². The number of likely N-dealkylation sites (N-methyl/N-ethyl adjacent to an activating group) is 1. The second-order valence-electron chi connectivity index (χ2n) is 7.22. The van der Waals surface area contributed by atoms with Crippen LogP contribution in [0.3, 0.4) is 0 Å². The van der Waals surface area contributed by atoms with Crippen LogP contribution in [0.1, 0.15) is 11.1 Å². The molecule has 1 heterocycles. The monoisotopic (exact) mass is 571 g/mol. The highest BCUT2D eigenvalue weighted by molar-refractivity contribution is 7.87. The summed E-state index contributed by atoms with van der Waals surface area (Å²) in [7, 11) is -0.0747. The fraction of sp³-hybridized carbons (Fsp3) is 0.429. The van der Waals surface area contributed by atoms with Crippen LogP contribution in [0.2, 0.25) is 5.02 Å². The van der Waals surface area contributed by atoms with Gasteiger partial charge in [-0.05, 0) is 18.2 Å². The van der Waals surface area contributed by atoms with Gasteiger partial charge < -0.3 is 23.7 Å². The summed E-state index contributed by atoms with van der Waals surface area (Å²) >= 11 is 5.93. The fourth-order valence-electron chi connectivity index (χ4n) is 2.54. The minimum atomic E-state index is -4.66. The first-order chi connectivity index (χ1) is 17.4. The zero-order chi connectivity index (χ0) is 27.6. The fourth-order valence-corrected chi connectivity index (χ4v) is 3.48. The Morgan fingerprint density at radius 1 is 1.14 bits per heavy atom. The van der Waals surface area contributed by atoms with Crippen molar-refractivity contribution in [2.75, 3.05) is 47.6 Å². The second-order valence-corrected chi connectivity index (χ2v) is 9.40. The highest BCUT2D eigenvalue weighted by Crippen LogP contribution is 2.36. The van der Waals surface area contributed by atoms with E-state index in [0.29, 0.717) is 18.0 Å². The summed E-state index contributed by atoms with van der Waals surface area (Å²) in [5.41, 5.74) is -0.865. The Bertz CT molecular complexity index is 1170. The van der Waals surface area contributed by atoms with E-state index in [9.17, 15) is 26.4 Å².